The van der Waals surface area contributed by atoms with Crippen molar-refractivity contribution in [1.29, 1.82) is 0 Å². The van der Waals surface area contributed by atoms with Gasteiger partial charge in [-0.3, -0.25) is 9.59 Å². The molecule has 1 aromatic heterocycles. The number of fused-ring (bicyclic) bond motifs is 1. The third-order valence-electron chi connectivity index (χ3n) is 4.26. The van der Waals surface area contributed by atoms with Gasteiger partial charge in [0.1, 0.15) is 6.04 Å². The highest BCUT2D eigenvalue weighted by Crippen LogP contribution is 2.24. The van der Waals surface area contributed by atoms with Crippen molar-refractivity contribution in [3.63, 3.8) is 0 Å². The fraction of sp³-hybridized carbons (Fsp3) is 0.625. The molecule has 0 bridgehead atoms. The van der Waals surface area contributed by atoms with E-state index in [4.69, 9.17) is 0 Å². The number of sulfonamides is 1. The molecule has 140 valence electrons. The zero-order valence-corrected chi connectivity index (χ0v) is 16.5. The van der Waals surface area contributed by atoms with E-state index < -0.39 is 22.0 Å². The van der Waals surface area contributed by atoms with E-state index in [1.54, 1.807) is 16.2 Å². The van der Waals surface area contributed by atoms with E-state index in [0.717, 1.165) is 23.4 Å². The van der Waals surface area contributed by atoms with Crippen molar-refractivity contribution in [3.8, 4) is 0 Å². The first-order valence-electron chi connectivity index (χ1n) is 8.27. The van der Waals surface area contributed by atoms with Crippen LogP contribution in [0.1, 0.15) is 30.2 Å². The molecule has 0 radical (unpaired) electrons. The summed E-state index contributed by atoms with van der Waals surface area (Å²) in [5.74, 6) is -0.568. The van der Waals surface area contributed by atoms with Gasteiger partial charge in [0.2, 0.25) is 21.8 Å². The number of nitrogens with zero attached hydrogens (tertiary/aromatic N) is 2. The van der Waals surface area contributed by atoms with E-state index in [1.165, 1.54) is 17.5 Å². The summed E-state index contributed by atoms with van der Waals surface area (Å²) in [7, 11) is -2.09. The average Bonchev–Trinajstić information content (AvgIpc) is 3.00. The van der Waals surface area contributed by atoms with Crippen molar-refractivity contribution < 1.29 is 18.0 Å². The van der Waals surface area contributed by atoms with E-state index in [1.807, 2.05) is 18.4 Å². The smallest absolute Gasteiger partial charge is 0.245 e. The van der Waals surface area contributed by atoms with Gasteiger partial charge in [-0.2, -0.15) is 4.31 Å². The first-order chi connectivity index (χ1) is 11.7. The van der Waals surface area contributed by atoms with E-state index in [-0.39, 0.29) is 12.5 Å². The molecule has 0 aliphatic carbocycles. The Kier molecular flexibility index (Phi) is 6.59. The van der Waals surface area contributed by atoms with E-state index in [0.29, 0.717) is 19.5 Å². The standard InChI is InChI=1S/C16H25N3O4S2/c1-4-5-13(17-15(20)11-18(2)25(3,22)23)16(21)19-8-6-14-12(10-19)7-9-24-14/h7,9,13H,4-6,8,10-11H2,1-3H3,(H,17,20). The number of rotatable bonds is 7. The molecule has 0 spiro atoms. The van der Waals surface area contributed by atoms with E-state index in [9.17, 15) is 18.0 Å². The molecule has 2 heterocycles. The Bertz CT molecular complexity index is 729. The fourth-order valence-electron chi connectivity index (χ4n) is 2.76. The molecule has 0 saturated heterocycles. The molecule has 1 N–H and O–H groups in total. The van der Waals surface area contributed by atoms with Crippen molar-refractivity contribution in [2.24, 2.45) is 0 Å². The van der Waals surface area contributed by atoms with Crippen molar-refractivity contribution in [2.75, 3.05) is 26.4 Å². The van der Waals surface area contributed by atoms with Gasteiger partial charge in [0.25, 0.3) is 0 Å². The number of nitrogens with one attached hydrogen (secondary N) is 1. The molecule has 7 nitrogen and oxygen atoms in total. The minimum absolute atomic E-state index is 0.103. The summed E-state index contributed by atoms with van der Waals surface area (Å²) >= 11 is 1.71. The van der Waals surface area contributed by atoms with Crippen LogP contribution in [-0.2, 0) is 32.6 Å². The summed E-state index contributed by atoms with van der Waals surface area (Å²) in [6.07, 6.45) is 3.15. The summed E-state index contributed by atoms with van der Waals surface area (Å²) < 4.78 is 23.8. The van der Waals surface area contributed by atoms with Gasteiger partial charge in [0.05, 0.1) is 12.8 Å². The molecule has 1 atom stereocenters. The third kappa shape index (κ3) is 5.26. The molecule has 0 aromatic carbocycles. The second-order valence-corrected chi connectivity index (χ2v) is 9.40. The van der Waals surface area contributed by atoms with Crippen LogP contribution in [0, 0.1) is 0 Å². The minimum atomic E-state index is -3.44. The molecule has 2 amide bonds. The van der Waals surface area contributed by atoms with Gasteiger partial charge in [-0.15, -0.1) is 11.3 Å². The van der Waals surface area contributed by atoms with Crippen LogP contribution < -0.4 is 5.32 Å². The van der Waals surface area contributed by atoms with Crippen LogP contribution in [0.3, 0.4) is 0 Å². The fourth-order valence-corrected chi connectivity index (χ4v) is 4.00. The summed E-state index contributed by atoms with van der Waals surface area (Å²) in [5.41, 5.74) is 1.17. The maximum Gasteiger partial charge on any atom is 0.245 e. The molecule has 0 fully saturated rings. The summed E-state index contributed by atoms with van der Waals surface area (Å²) in [6.45, 7) is 2.87. The lowest BCUT2D eigenvalue weighted by Gasteiger charge is -2.31. The molecule has 1 aliphatic rings. The minimum Gasteiger partial charge on any atom is -0.343 e. The monoisotopic (exact) mass is 387 g/mol. The lowest BCUT2D eigenvalue weighted by Crippen LogP contribution is -2.51. The molecular formula is C16H25N3O4S2. The van der Waals surface area contributed by atoms with Crippen LogP contribution in [0.2, 0.25) is 0 Å². The van der Waals surface area contributed by atoms with Gasteiger partial charge in [-0.05, 0) is 29.9 Å². The van der Waals surface area contributed by atoms with Crippen LogP contribution >= 0.6 is 11.3 Å². The highest BCUT2D eigenvalue weighted by atomic mass is 32.2. The summed E-state index contributed by atoms with van der Waals surface area (Å²) in [6, 6.07) is 1.42. The van der Waals surface area contributed by atoms with Gasteiger partial charge < -0.3 is 10.2 Å². The number of amides is 2. The van der Waals surface area contributed by atoms with Crippen molar-refractivity contribution in [3.05, 3.63) is 21.9 Å². The Balaban J connectivity index is 2.00. The van der Waals surface area contributed by atoms with Crippen LogP contribution in [0.5, 0.6) is 0 Å². The maximum absolute atomic E-state index is 12.8. The molecule has 25 heavy (non-hydrogen) atoms. The van der Waals surface area contributed by atoms with Crippen LogP contribution in [0.25, 0.3) is 0 Å². The van der Waals surface area contributed by atoms with Crippen molar-refractivity contribution in [1.82, 2.24) is 14.5 Å². The first kappa shape index (κ1) is 19.9. The number of carbonyl (C=O) groups excluding carboxylic acids is 2. The van der Waals surface area contributed by atoms with Gasteiger partial charge in [0.15, 0.2) is 0 Å². The second-order valence-electron chi connectivity index (χ2n) is 6.31. The number of hydrogen-bond acceptors (Lipinski definition) is 5. The Morgan fingerprint density at radius 3 is 2.80 bits per heavy atom. The van der Waals surface area contributed by atoms with Crippen molar-refractivity contribution in [2.45, 2.75) is 38.8 Å². The van der Waals surface area contributed by atoms with Crippen LogP contribution in [0.4, 0.5) is 0 Å². The predicted octanol–water partition coefficient (Wildman–Crippen LogP) is 0.809. The average molecular weight is 388 g/mol. The summed E-state index contributed by atoms with van der Waals surface area (Å²) in [5, 5.41) is 4.73. The highest BCUT2D eigenvalue weighted by Gasteiger charge is 2.29. The lowest BCUT2D eigenvalue weighted by molar-refractivity contribution is -0.137. The van der Waals surface area contributed by atoms with Crippen LogP contribution in [0.15, 0.2) is 11.4 Å². The molecular weight excluding hydrogens is 362 g/mol. The maximum atomic E-state index is 12.8. The number of likely N-dealkylation sites (N-methyl/N-ethyl adjacent to an activating group) is 1. The zero-order chi connectivity index (χ0) is 18.6. The predicted molar refractivity (Wildman–Crippen MR) is 97.8 cm³/mol. The zero-order valence-electron chi connectivity index (χ0n) is 14.8. The lowest BCUT2D eigenvalue weighted by atomic mass is 10.1. The third-order valence-corrected chi connectivity index (χ3v) is 6.55. The van der Waals surface area contributed by atoms with Crippen molar-refractivity contribution >= 4 is 33.2 Å². The Morgan fingerprint density at radius 1 is 1.44 bits per heavy atom. The quantitative estimate of drug-likeness (QED) is 0.750. The Hall–Kier alpha value is -1.45. The molecule has 1 aliphatic heterocycles. The molecule has 0 saturated carbocycles. The van der Waals surface area contributed by atoms with Gasteiger partial charge >= 0.3 is 0 Å². The Morgan fingerprint density at radius 2 is 2.16 bits per heavy atom. The first-order valence-corrected chi connectivity index (χ1v) is 11.0. The second kappa shape index (κ2) is 8.29. The molecule has 9 heteroatoms. The summed E-state index contributed by atoms with van der Waals surface area (Å²) in [4.78, 5) is 28.1. The highest BCUT2D eigenvalue weighted by molar-refractivity contribution is 7.88. The molecule has 1 aromatic rings. The number of carbonyl (C=O) groups is 2. The molecule has 2 rings (SSSR count). The SMILES string of the molecule is CCCC(NC(=O)CN(C)S(C)(=O)=O)C(=O)N1CCc2sccc2C1. The Labute approximate surface area is 153 Å². The number of hydrogen-bond donors (Lipinski definition) is 1. The van der Waals surface area contributed by atoms with Gasteiger partial charge in [0, 0.05) is 25.0 Å². The largest absolute Gasteiger partial charge is 0.343 e. The number of thiophene rings is 1. The molecule has 1 unspecified atom stereocenters. The van der Waals surface area contributed by atoms with E-state index in [2.05, 4.69) is 5.32 Å². The normalized spacial score (nSPS) is 15.8. The van der Waals surface area contributed by atoms with Crippen LogP contribution in [-0.4, -0.2) is 61.9 Å². The van der Waals surface area contributed by atoms with Gasteiger partial charge in [-0.25, -0.2) is 8.42 Å². The van der Waals surface area contributed by atoms with E-state index >= 15 is 0 Å². The van der Waals surface area contributed by atoms with Gasteiger partial charge in [-0.1, -0.05) is 13.3 Å². The topological polar surface area (TPSA) is 86.8 Å².